The van der Waals surface area contributed by atoms with Gasteiger partial charge >= 0.3 is 0 Å². The maximum absolute atomic E-state index is 6.22. The minimum atomic E-state index is 0.393. The first kappa shape index (κ1) is 14.4. The molecule has 0 spiro atoms. The Bertz CT molecular complexity index is 514. The highest BCUT2D eigenvalue weighted by molar-refractivity contribution is 5.73. The standard InChI is InChI=1S/C17H26N2O2/c1-17(2,3)12-4-6-19(7-5-12)14-11-16-15(10-13(14)18)20-8-9-21-16/h10-12H,4-9,18H2,1-3H3. The molecule has 2 aliphatic rings. The van der Waals surface area contributed by atoms with E-state index in [9.17, 15) is 0 Å². The van der Waals surface area contributed by atoms with Crippen molar-refractivity contribution in [2.45, 2.75) is 33.6 Å². The predicted octanol–water partition coefficient (Wildman–Crippen LogP) is 3.30. The monoisotopic (exact) mass is 290 g/mol. The summed E-state index contributed by atoms with van der Waals surface area (Å²) in [4.78, 5) is 2.38. The molecule has 0 aromatic heterocycles. The third-order valence-electron chi connectivity index (χ3n) is 4.75. The van der Waals surface area contributed by atoms with Crippen LogP contribution in [0.25, 0.3) is 0 Å². The number of hydrogen-bond donors (Lipinski definition) is 1. The molecular weight excluding hydrogens is 264 g/mol. The summed E-state index contributed by atoms with van der Waals surface area (Å²) in [6.45, 7) is 10.4. The van der Waals surface area contributed by atoms with Crippen molar-refractivity contribution < 1.29 is 9.47 Å². The molecule has 0 amide bonds. The largest absolute Gasteiger partial charge is 0.486 e. The van der Waals surface area contributed by atoms with E-state index in [1.807, 2.05) is 12.1 Å². The summed E-state index contributed by atoms with van der Waals surface area (Å²) in [5, 5.41) is 0. The summed E-state index contributed by atoms with van der Waals surface area (Å²) >= 11 is 0. The normalized spacial score (nSPS) is 19.7. The number of nitrogens with zero attached hydrogens (tertiary/aromatic N) is 1. The Balaban J connectivity index is 1.76. The lowest BCUT2D eigenvalue weighted by atomic mass is 9.75. The molecule has 21 heavy (non-hydrogen) atoms. The number of nitrogens with two attached hydrogens (primary N) is 1. The Kier molecular flexibility index (Phi) is 3.64. The van der Waals surface area contributed by atoms with Crippen LogP contribution in [0.3, 0.4) is 0 Å². The highest BCUT2D eigenvalue weighted by Crippen LogP contribution is 2.41. The van der Waals surface area contributed by atoms with Crippen LogP contribution in [0, 0.1) is 11.3 Å². The number of ether oxygens (including phenoxy) is 2. The van der Waals surface area contributed by atoms with E-state index in [-0.39, 0.29) is 0 Å². The molecule has 1 aromatic carbocycles. The lowest BCUT2D eigenvalue weighted by molar-refractivity contribution is 0.171. The Labute approximate surface area is 127 Å². The highest BCUT2D eigenvalue weighted by atomic mass is 16.6. The fourth-order valence-electron chi connectivity index (χ4n) is 3.35. The van der Waals surface area contributed by atoms with Crippen LogP contribution in [0.5, 0.6) is 11.5 Å². The average Bonchev–Trinajstić information content (AvgIpc) is 2.46. The van der Waals surface area contributed by atoms with Crippen molar-refractivity contribution in [2.75, 3.05) is 36.9 Å². The molecule has 0 saturated carbocycles. The van der Waals surface area contributed by atoms with E-state index in [0.29, 0.717) is 18.6 Å². The summed E-state index contributed by atoms with van der Waals surface area (Å²) in [6, 6.07) is 3.95. The molecule has 1 fully saturated rings. The SMILES string of the molecule is CC(C)(C)C1CCN(c2cc3c(cc2N)OCCO3)CC1. The van der Waals surface area contributed by atoms with Gasteiger partial charge in [0.15, 0.2) is 11.5 Å². The van der Waals surface area contributed by atoms with E-state index in [0.717, 1.165) is 41.9 Å². The first-order valence-electron chi connectivity index (χ1n) is 7.89. The van der Waals surface area contributed by atoms with Crippen molar-refractivity contribution in [3.63, 3.8) is 0 Å². The Morgan fingerprint density at radius 2 is 1.62 bits per heavy atom. The van der Waals surface area contributed by atoms with Crippen molar-refractivity contribution in [1.82, 2.24) is 0 Å². The first-order chi connectivity index (χ1) is 9.95. The third kappa shape index (κ3) is 2.89. The van der Waals surface area contributed by atoms with Gasteiger partial charge in [0.1, 0.15) is 13.2 Å². The molecule has 3 rings (SSSR count). The fourth-order valence-corrected chi connectivity index (χ4v) is 3.35. The van der Waals surface area contributed by atoms with E-state index < -0.39 is 0 Å². The van der Waals surface area contributed by atoms with Gasteiger partial charge in [-0.1, -0.05) is 20.8 Å². The number of fused-ring (bicyclic) bond motifs is 1. The van der Waals surface area contributed by atoms with Crippen LogP contribution < -0.4 is 20.1 Å². The number of hydrogen-bond acceptors (Lipinski definition) is 4. The molecule has 2 aliphatic heterocycles. The predicted molar refractivity (Wildman–Crippen MR) is 86.2 cm³/mol. The summed E-state index contributed by atoms with van der Waals surface area (Å²) in [5.74, 6) is 2.38. The molecule has 0 bridgehead atoms. The topological polar surface area (TPSA) is 47.7 Å². The zero-order valence-electron chi connectivity index (χ0n) is 13.3. The smallest absolute Gasteiger partial charge is 0.163 e. The van der Waals surface area contributed by atoms with E-state index >= 15 is 0 Å². The Morgan fingerprint density at radius 1 is 1.05 bits per heavy atom. The van der Waals surface area contributed by atoms with Crippen LogP contribution in [-0.4, -0.2) is 26.3 Å². The minimum absolute atomic E-state index is 0.393. The van der Waals surface area contributed by atoms with Crippen molar-refractivity contribution in [1.29, 1.82) is 0 Å². The molecule has 1 aromatic rings. The molecule has 4 nitrogen and oxygen atoms in total. The van der Waals surface area contributed by atoms with Gasteiger partial charge in [-0.05, 0) is 24.2 Å². The van der Waals surface area contributed by atoms with Crippen LogP contribution in [0.4, 0.5) is 11.4 Å². The van der Waals surface area contributed by atoms with Gasteiger partial charge in [0.2, 0.25) is 0 Å². The van der Waals surface area contributed by atoms with Gasteiger partial charge in [0, 0.05) is 25.2 Å². The molecule has 2 N–H and O–H groups in total. The quantitative estimate of drug-likeness (QED) is 0.806. The maximum atomic E-state index is 6.22. The second-order valence-corrected chi connectivity index (χ2v) is 7.18. The van der Waals surface area contributed by atoms with Crippen LogP contribution >= 0.6 is 0 Å². The zero-order chi connectivity index (χ0) is 15.0. The van der Waals surface area contributed by atoms with Gasteiger partial charge < -0.3 is 20.1 Å². The Morgan fingerprint density at radius 3 is 2.19 bits per heavy atom. The fraction of sp³-hybridized carbons (Fsp3) is 0.647. The summed E-state index contributed by atoms with van der Waals surface area (Å²) in [6.07, 6.45) is 2.44. The van der Waals surface area contributed by atoms with Crippen molar-refractivity contribution in [2.24, 2.45) is 11.3 Å². The van der Waals surface area contributed by atoms with Gasteiger partial charge in [-0.2, -0.15) is 0 Å². The second kappa shape index (κ2) is 5.32. The van der Waals surface area contributed by atoms with Crippen molar-refractivity contribution in [3.05, 3.63) is 12.1 Å². The number of nitrogen functional groups attached to an aromatic ring is 1. The lowest BCUT2D eigenvalue weighted by Gasteiger charge is -2.40. The molecule has 0 aliphatic carbocycles. The zero-order valence-corrected chi connectivity index (χ0v) is 13.3. The van der Waals surface area contributed by atoms with Crippen LogP contribution in [0.2, 0.25) is 0 Å². The van der Waals surface area contributed by atoms with Gasteiger partial charge in [-0.15, -0.1) is 0 Å². The number of piperidine rings is 1. The van der Waals surface area contributed by atoms with E-state index in [1.165, 1.54) is 12.8 Å². The summed E-state index contributed by atoms with van der Waals surface area (Å²) < 4.78 is 11.3. The molecule has 116 valence electrons. The third-order valence-corrected chi connectivity index (χ3v) is 4.75. The molecule has 2 heterocycles. The molecule has 1 saturated heterocycles. The van der Waals surface area contributed by atoms with Crippen molar-refractivity contribution >= 4 is 11.4 Å². The maximum Gasteiger partial charge on any atom is 0.163 e. The molecule has 0 radical (unpaired) electrons. The van der Waals surface area contributed by atoms with Gasteiger partial charge in [0.25, 0.3) is 0 Å². The van der Waals surface area contributed by atoms with Crippen LogP contribution in [-0.2, 0) is 0 Å². The Hall–Kier alpha value is -1.58. The van der Waals surface area contributed by atoms with E-state index in [1.54, 1.807) is 0 Å². The number of anilines is 2. The molecular formula is C17H26N2O2. The van der Waals surface area contributed by atoms with Crippen LogP contribution in [0.1, 0.15) is 33.6 Å². The van der Waals surface area contributed by atoms with E-state index in [2.05, 4.69) is 25.7 Å². The lowest BCUT2D eigenvalue weighted by Crippen LogP contribution is -2.38. The van der Waals surface area contributed by atoms with Gasteiger partial charge in [-0.3, -0.25) is 0 Å². The summed E-state index contributed by atoms with van der Waals surface area (Å²) in [5.41, 5.74) is 8.49. The molecule has 0 atom stereocenters. The number of rotatable bonds is 1. The number of benzene rings is 1. The minimum Gasteiger partial charge on any atom is -0.486 e. The van der Waals surface area contributed by atoms with Crippen LogP contribution in [0.15, 0.2) is 12.1 Å². The van der Waals surface area contributed by atoms with E-state index in [4.69, 9.17) is 15.2 Å². The molecule has 0 unspecified atom stereocenters. The second-order valence-electron chi connectivity index (χ2n) is 7.18. The summed E-state index contributed by atoms with van der Waals surface area (Å²) in [7, 11) is 0. The molecule has 4 heteroatoms. The first-order valence-corrected chi connectivity index (χ1v) is 7.89. The average molecular weight is 290 g/mol. The van der Waals surface area contributed by atoms with Gasteiger partial charge in [0.05, 0.1) is 11.4 Å². The highest BCUT2D eigenvalue weighted by Gasteiger charge is 2.29. The van der Waals surface area contributed by atoms with Crippen molar-refractivity contribution in [3.8, 4) is 11.5 Å². The van der Waals surface area contributed by atoms with Gasteiger partial charge in [-0.25, -0.2) is 0 Å².